The summed E-state index contributed by atoms with van der Waals surface area (Å²) in [5.41, 5.74) is 0.300. The van der Waals surface area contributed by atoms with Crippen LogP contribution in [0.3, 0.4) is 0 Å². The zero-order valence-electron chi connectivity index (χ0n) is 11.8. The van der Waals surface area contributed by atoms with Gasteiger partial charge in [-0.2, -0.15) is 0 Å². The van der Waals surface area contributed by atoms with Gasteiger partial charge in [0.2, 0.25) is 10.0 Å². The van der Waals surface area contributed by atoms with Gasteiger partial charge in [-0.15, -0.1) is 0 Å². The van der Waals surface area contributed by atoms with Crippen LogP contribution in [0.4, 0.5) is 13.2 Å². The highest BCUT2D eigenvalue weighted by molar-refractivity contribution is 7.88. The maximum absolute atomic E-state index is 13.2. The number of aliphatic hydroxyl groups is 1. The highest BCUT2D eigenvalue weighted by Gasteiger charge is 2.22. The second-order valence-electron chi connectivity index (χ2n) is 4.90. The van der Waals surface area contributed by atoms with Crippen LogP contribution in [-0.4, -0.2) is 20.1 Å². The summed E-state index contributed by atoms with van der Waals surface area (Å²) in [6.45, 7) is -0.738. The van der Waals surface area contributed by atoms with E-state index in [-0.39, 0.29) is 11.3 Å². The van der Waals surface area contributed by atoms with Crippen LogP contribution < -0.4 is 4.72 Å². The van der Waals surface area contributed by atoms with E-state index in [1.54, 1.807) is 30.3 Å². The number of sulfonamides is 1. The summed E-state index contributed by atoms with van der Waals surface area (Å²) in [5.74, 6) is -4.93. The van der Waals surface area contributed by atoms with E-state index in [2.05, 4.69) is 4.72 Å². The monoisotopic (exact) mass is 345 g/mol. The third-order valence-corrected chi connectivity index (χ3v) is 4.47. The minimum Gasteiger partial charge on any atom is -0.394 e. The van der Waals surface area contributed by atoms with Crippen molar-refractivity contribution in [2.75, 3.05) is 6.61 Å². The average Bonchev–Trinajstić information content (AvgIpc) is 2.50. The lowest BCUT2D eigenvalue weighted by Crippen LogP contribution is -2.32. The van der Waals surface area contributed by atoms with Crippen LogP contribution in [0.25, 0.3) is 0 Å². The Morgan fingerprint density at radius 3 is 2.13 bits per heavy atom. The molecule has 0 spiro atoms. The van der Waals surface area contributed by atoms with Gasteiger partial charge in [-0.25, -0.2) is 26.3 Å². The fourth-order valence-electron chi connectivity index (χ4n) is 2.04. The summed E-state index contributed by atoms with van der Waals surface area (Å²) >= 11 is 0. The number of rotatable bonds is 6. The number of hydrogen-bond donors (Lipinski definition) is 2. The molecule has 2 aromatic rings. The Labute approximate surface area is 131 Å². The van der Waals surface area contributed by atoms with E-state index in [1.165, 1.54) is 0 Å². The lowest BCUT2D eigenvalue weighted by atomic mass is 10.1. The Morgan fingerprint density at radius 2 is 1.61 bits per heavy atom. The molecule has 2 rings (SSSR count). The lowest BCUT2D eigenvalue weighted by molar-refractivity contribution is 0.258. The first-order chi connectivity index (χ1) is 10.8. The predicted molar refractivity (Wildman–Crippen MR) is 78.3 cm³/mol. The molecule has 0 aliphatic heterocycles. The minimum absolute atomic E-state index is 0.208. The lowest BCUT2D eigenvalue weighted by Gasteiger charge is -2.17. The fourth-order valence-corrected chi connectivity index (χ4v) is 3.40. The number of hydrogen-bond acceptors (Lipinski definition) is 3. The molecule has 0 fully saturated rings. The molecule has 1 unspecified atom stereocenters. The first-order valence-electron chi connectivity index (χ1n) is 6.61. The summed E-state index contributed by atoms with van der Waals surface area (Å²) < 4.78 is 65.8. The topological polar surface area (TPSA) is 66.4 Å². The molecular weight excluding hydrogens is 331 g/mol. The molecule has 0 radical (unpaired) electrons. The molecule has 0 saturated carbocycles. The van der Waals surface area contributed by atoms with Crippen molar-refractivity contribution in [1.29, 1.82) is 0 Å². The van der Waals surface area contributed by atoms with Crippen LogP contribution >= 0.6 is 0 Å². The summed E-state index contributed by atoms with van der Waals surface area (Å²) in [6.07, 6.45) is 0. The van der Waals surface area contributed by atoms with E-state index < -0.39 is 40.1 Å². The van der Waals surface area contributed by atoms with Crippen molar-refractivity contribution >= 4 is 10.0 Å². The van der Waals surface area contributed by atoms with E-state index in [4.69, 9.17) is 0 Å². The van der Waals surface area contributed by atoms with Crippen molar-refractivity contribution < 1.29 is 26.7 Å². The van der Waals surface area contributed by atoms with Gasteiger partial charge in [0.25, 0.3) is 0 Å². The molecule has 2 N–H and O–H groups in total. The van der Waals surface area contributed by atoms with Crippen molar-refractivity contribution in [3.63, 3.8) is 0 Å². The first-order valence-corrected chi connectivity index (χ1v) is 8.27. The summed E-state index contributed by atoms with van der Waals surface area (Å²) in [5, 5.41) is 9.29. The van der Waals surface area contributed by atoms with E-state index >= 15 is 0 Å². The Kier molecular flexibility index (Phi) is 5.40. The number of benzene rings is 2. The van der Waals surface area contributed by atoms with Crippen LogP contribution in [-0.2, 0) is 15.8 Å². The Hall–Kier alpha value is -1.90. The van der Waals surface area contributed by atoms with Gasteiger partial charge in [-0.05, 0) is 23.3 Å². The maximum atomic E-state index is 13.2. The summed E-state index contributed by atoms with van der Waals surface area (Å²) in [4.78, 5) is 0. The third kappa shape index (κ3) is 4.54. The molecule has 0 saturated heterocycles. The molecule has 0 aliphatic rings. The quantitative estimate of drug-likeness (QED) is 0.789. The molecule has 0 aliphatic carbocycles. The molecular formula is C15H14F3NO3S. The molecule has 8 heteroatoms. The largest absolute Gasteiger partial charge is 0.394 e. The number of nitrogens with one attached hydrogen (secondary N) is 1. The molecule has 124 valence electrons. The molecule has 4 nitrogen and oxygen atoms in total. The molecule has 0 amide bonds. The van der Waals surface area contributed by atoms with Gasteiger partial charge >= 0.3 is 0 Å². The van der Waals surface area contributed by atoms with Crippen molar-refractivity contribution in [3.05, 3.63) is 71.0 Å². The van der Waals surface area contributed by atoms with Crippen molar-refractivity contribution in [2.45, 2.75) is 11.8 Å². The predicted octanol–water partition coefficient (Wildman–Crippen LogP) is 2.26. The van der Waals surface area contributed by atoms with E-state index in [0.717, 1.165) is 0 Å². The number of halogens is 3. The normalized spacial score (nSPS) is 13.0. The van der Waals surface area contributed by atoms with E-state index in [1.807, 2.05) is 0 Å². The third-order valence-electron chi connectivity index (χ3n) is 3.11. The Bertz CT molecular complexity index is 759. The van der Waals surface area contributed by atoms with Gasteiger partial charge in [0.15, 0.2) is 17.5 Å². The van der Waals surface area contributed by atoms with Gasteiger partial charge in [-0.1, -0.05) is 30.3 Å². The van der Waals surface area contributed by atoms with Crippen LogP contribution in [0.5, 0.6) is 0 Å². The summed E-state index contributed by atoms with van der Waals surface area (Å²) in [6, 6.07) is 8.26. The minimum atomic E-state index is -3.88. The Morgan fingerprint density at radius 1 is 1.04 bits per heavy atom. The molecule has 2 aromatic carbocycles. The maximum Gasteiger partial charge on any atom is 0.216 e. The summed E-state index contributed by atoms with van der Waals surface area (Å²) in [7, 11) is -3.88. The van der Waals surface area contributed by atoms with E-state index in [0.29, 0.717) is 17.7 Å². The van der Waals surface area contributed by atoms with Gasteiger partial charge in [0, 0.05) is 0 Å². The molecule has 0 bridgehead atoms. The molecule has 0 heterocycles. The van der Waals surface area contributed by atoms with Crippen LogP contribution in [0, 0.1) is 17.5 Å². The van der Waals surface area contributed by atoms with Crippen molar-refractivity contribution in [1.82, 2.24) is 4.72 Å². The average molecular weight is 345 g/mol. The molecule has 23 heavy (non-hydrogen) atoms. The number of aliphatic hydroxyl groups excluding tert-OH is 1. The van der Waals surface area contributed by atoms with Gasteiger partial charge in [-0.3, -0.25) is 0 Å². The van der Waals surface area contributed by atoms with Crippen LogP contribution in [0.2, 0.25) is 0 Å². The van der Waals surface area contributed by atoms with Gasteiger partial charge in [0.1, 0.15) is 0 Å². The van der Waals surface area contributed by atoms with Crippen molar-refractivity contribution in [3.8, 4) is 0 Å². The Balaban J connectivity index is 2.22. The zero-order chi connectivity index (χ0) is 17.0. The standard InChI is InChI=1S/C15H14F3NO3S/c16-12-6-11(7-13(17)15(12)18)14(8-20)19-23(21,22)9-10-4-2-1-3-5-10/h1-7,14,19-20H,8-9H2. The zero-order valence-corrected chi connectivity index (χ0v) is 12.7. The second-order valence-corrected chi connectivity index (χ2v) is 6.65. The van der Waals surface area contributed by atoms with Gasteiger partial charge < -0.3 is 5.11 Å². The van der Waals surface area contributed by atoms with Crippen LogP contribution in [0.15, 0.2) is 42.5 Å². The second kappa shape index (κ2) is 7.12. The van der Waals surface area contributed by atoms with E-state index in [9.17, 15) is 26.7 Å². The van der Waals surface area contributed by atoms with Gasteiger partial charge in [0.05, 0.1) is 18.4 Å². The van der Waals surface area contributed by atoms with Crippen molar-refractivity contribution in [2.24, 2.45) is 0 Å². The SMILES string of the molecule is O=S(=O)(Cc1ccccc1)NC(CO)c1cc(F)c(F)c(F)c1. The highest BCUT2D eigenvalue weighted by Crippen LogP contribution is 2.20. The first kappa shape index (κ1) is 17.5. The smallest absolute Gasteiger partial charge is 0.216 e. The van der Waals surface area contributed by atoms with Crippen LogP contribution in [0.1, 0.15) is 17.2 Å². The molecule has 0 aromatic heterocycles. The highest BCUT2D eigenvalue weighted by atomic mass is 32.2. The fraction of sp³-hybridized carbons (Fsp3) is 0.200. The molecule has 1 atom stereocenters.